The number of hydrogen-bond acceptors (Lipinski definition) is 6. The van der Waals surface area contributed by atoms with Crippen LogP contribution in [-0.4, -0.2) is 40.4 Å². The predicted octanol–water partition coefficient (Wildman–Crippen LogP) is 2.99. The highest BCUT2D eigenvalue weighted by Gasteiger charge is 2.31. The molecular formula is C16H23ClN4O4. The summed E-state index contributed by atoms with van der Waals surface area (Å²) in [5.74, 6) is 0. The average Bonchev–Trinajstić information content (AvgIpc) is 2.94. The smallest absolute Gasteiger partial charge is 0.404 e. The van der Waals surface area contributed by atoms with E-state index < -0.39 is 17.9 Å². The first-order valence-electron chi connectivity index (χ1n) is 7.99. The van der Waals surface area contributed by atoms with Crippen LogP contribution in [0.3, 0.4) is 0 Å². The summed E-state index contributed by atoms with van der Waals surface area (Å²) in [7, 11) is 0. The number of fused-ring (bicyclic) bond motifs is 1. The molecule has 2 aromatic heterocycles. The molecule has 0 aliphatic carbocycles. The Hall–Kier alpha value is -1.90. The first kappa shape index (κ1) is 19.4. The fraction of sp³-hybridized carbons (Fsp3) is 0.562. The first-order chi connectivity index (χ1) is 11.8. The fourth-order valence-corrected chi connectivity index (χ4v) is 2.83. The van der Waals surface area contributed by atoms with Crippen LogP contribution in [0.4, 0.5) is 4.79 Å². The van der Waals surface area contributed by atoms with Gasteiger partial charge in [-0.3, -0.25) is 0 Å². The van der Waals surface area contributed by atoms with Crippen LogP contribution in [0.1, 0.15) is 39.7 Å². The number of halogens is 1. The summed E-state index contributed by atoms with van der Waals surface area (Å²) in [4.78, 5) is 19.4. The van der Waals surface area contributed by atoms with Gasteiger partial charge in [0.2, 0.25) is 0 Å². The zero-order valence-corrected chi connectivity index (χ0v) is 15.5. The Labute approximate surface area is 151 Å². The molecule has 25 heavy (non-hydrogen) atoms. The van der Waals surface area contributed by atoms with Crippen molar-refractivity contribution < 1.29 is 19.0 Å². The van der Waals surface area contributed by atoms with Crippen LogP contribution in [0, 0.1) is 0 Å². The Morgan fingerprint density at radius 3 is 2.52 bits per heavy atom. The SMILES string of the molecule is CCOC(OCC)c1cc2c(Cl)ncnc2n1C(C)(C)COC(N)=O. The standard InChI is InChI=1S/C16H23ClN4O4/c1-5-23-14(24-6-2)11-7-10-12(17)19-9-20-13(10)21(11)16(3,4)8-25-15(18)22/h7,9,14H,5-6,8H2,1-4H3,(H2,18,22). The molecule has 0 saturated carbocycles. The van der Waals surface area contributed by atoms with Crippen LogP contribution in [0.15, 0.2) is 12.4 Å². The third kappa shape index (κ3) is 4.20. The van der Waals surface area contributed by atoms with E-state index in [0.717, 1.165) is 0 Å². The lowest BCUT2D eigenvalue weighted by atomic mass is 10.1. The first-order valence-corrected chi connectivity index (χ1v) is 8.37. The van der Waals surface area contributed by atoms with E-state index in [1.807, 2.05) is 38.3 Å². The molecule has 9 heteroatoms. The molecule has 0 unspecified atom stereocenters. The highest BCUT2D eigenvalue weighted by Crippen LogP contribution is 2.34. The van der Waals surface area contributed by atoms with Gasteiger partial charge in [-0.1, -0.05) is 11.6 Å². The number of amides is 1. The minimum absolute atomic E-state index is 0.0473. The Bertz CT molecular complexity index is 741. The number of nitrogens with zero attached hydrogens (tertiary/aromatic N) is 3. The second-order valence-electron chi connectivity index (χ2n) is 5.97. The van der Waals surface area contributed by atoms with E-state index in [4.69, 9.17) is 31.5 Å². The molecule has 0 spiro atoms. The lowest BCUT2D eigenvalue weighted by molar-refractivity contribution is -0.145. The topological polar surface area (TPSA) is 101 Å². The van der Waals surface area contributed by atoms with Crippen molar-refractivity contribution in [2.45, 2.75) is 39.5 Å². The number of carbonyl (C=O) groups excluding carboxylic acids is 1. The lowest BCUT2D eigenvalue weighted by Gasteiger charge is -2.31. The third-order valence-electron chi connectivity index (χ3n) is 3.63. The molecule has 0 atom stereocenters. The van der Waals surface area contributed by atoms with Crippen molar-refractivity contribution >= 4 is 28.7 Å². The number of hydrogen-bond donors (Lipinski definition) is 1. The molecule has 1 amide bonds. The van der Waals surface area contributed by atoms with Gasteiger partial charge in [0.05, 0.1) is 16.6 Å². The molecule has 0 bridgehead atoms. The van der Waals surface area contributed by atoms with Gasteiger partial charge in [-0.05, 0) is 33.8 Å². The zero-order valence-electron chi connectivity index (χ0n) is 14.8. The van der Waals surface area contributed by atoms with Gasteiger partial charge in [0, 0.05) is 13.2 Å². The van der Waals surface area contributed by atoms with E-state index in [1.54, 1.807) is 0 Å². The number of aromatic nitrogens is 3. The van der Waals surface area contributed by atoms with Crippen LogP contribution >= 0.6 is 11.6 Å². The maximum absolute atomic E-state index is 11.1. The molecule has 2 rings (SSSR count). The van der Waals surface area contributed by atoms with E-state index in [9.17, 15) is 4.79 Å². The number of nitrogens with two attached hydrogens (primary N) is 1. The molecule has 0 saturated heterocycles. The van der Waals surface area contributed by atoms with Gasteiger partial charge in [-0.15, -0.1) is 0 Å². The van der Waals surface area contributed by atoms with E-state index >= 15 is 0 Å². The quantitative estimate of drug-likeness (QED) is 0.566. The van der Waals surface area contributed by atoms with E-state index in [0.29, 0.717) is 35.1 Å². The van der Waals surface area contributed by atoms with E-state index in [-0.39, 0.29) is 6.61 Å². The third-order valence-corrected chi connectivity index (χ3v) is 3.93. The highest BCUT2D eigenvalue weighted by atomic mass is 35.5. The monoisotopic (exact) mass is 370 g/mol. The van der Waals surface area contributed by atoms with Crippen LogP contribution in [0.2, 0.25) is 5.15 Å². The predicted molar refractivity (Wildman–Crippen MR) is 93.4 cm³/mol. The molecule has 0 aliphatic rings. The Morgan fingerprint density at radius 1 is 1.32 bits per heavy atom. The van der Waals surface area contributed by atoms with Crippen LogP contribution in [-0.2, 0) is 19.7 Å². The summed E-state index contributed by atoms with van der Waals surface area (Å²) in [6, 6.07) is 1.83. The van der Waals surface area contributed by atoms with Crippen molar-refractivity contribution in [3.05, 3.63) is 23.2 Å². The number of rotatable bonds is 8. The van der Waals surface area contributed by atoms with Crippen molar-refractivity contribution in [1.82, 2.24) is 14.5 Å². The number of primary amides is 1. The van der Waals surface area contributed by atoms with Gasteiger partial charge in [-0.25, -0.2) is 14.8 Å². The second-order valence-corrected chi connectivity index (χ2v) is 6.33. The highest BCUT2D eigenvalue weighted by molar-refractivity contribution is 6.34. The van der Waals surface area contributed by atoms with Gasteiger partial charge in [0.25, 0.3) is 0 Å². The normalized spacial score (nSPS) is 12.1. The molecule has 2 aromatic rings. The molecule has 0 radical (unpaired) electrons. The summed E-state index contributed by atoms with van der Waals surface area (Å²) < 4.78 is 18.4. The van der Waals surface area contributed by atoms with Gasteiger partial charge < -0.3 is 24.5 Å². The largest absolute Gasteiger partial charge is 0.447 e. The second kappa shape index (κ2) is 7.99. The molecule has 2 N–H and O–H groups in total. The van der Waals surface area contributed by atoms with Crippen molar-refractivity contribution in [3.63, 3.8) is 0 Å². The molecule has 0 aliphatic heterocycles. The Balaban J connectivity index is 2.63. The van der Waals surface area contributed by atoms with Crippen LogP contribution in [0.5, 0.6) is 0 Å². The number of ether oxygens (including phenoxy) is 3. The summed E-state index contributed by atoms with van der Waals surface area (Å²) in [6.45, 7) is 8.52. The Morgan fingerprint density at radius 2 is 1.96 bits per heavy atom. The maximum Gasteiger partial charge on any atom is 0.404 e. The van der Waals surface area contributed by atoms with Crippen molar-refractivity contribution in [3.8, 4) is 0 Å². The molecular weight excluding hydrogens is 348 g/mol. The summed E-state index contributed by atoms with van der Waals surface area (Å²) >= 11 is 6.23. The van der Waals surface area contributed by atoms with Gasteiger partial charge >= 0.3 is 6.09 Å². The van der Waals surface area contributed by atoms with E-state index in [1.165, 1.54) is 6.33 Å². The van der Waals surface area contributed by atoms with E-state index in [2.05, 4.69) is 9.97 Å². The van der Waals surface area contributed by atoms with Crippen LogP contribution in [0.25, 0.3) is 11.0 Å². The summed E-state index contributed by atoms with van der Waals surface area (Å²) in [5.41, 5.74) is 5.75. The van der Waals surface area contributed by atoms with Gasteiger partial charge in [-0.2, -0.15) is 0 Å². The fourth-order valence-electron chi connectivity index (χ4n) is 2.65. The van der Waals surface area contributed by atoms with Crippen molar-refractivity contribution in [2.24, 2.45) is 5.73 Å². The maximum atomic E-state index is 11.1. The average molecular weight is 371 g/mol. The van der Waals surface area contributed by atoms with Crippen molar-refractivity contribution in [2.75, 3.05) is 19.8 Å². The number of carbonyl (C=O) groups is 1. The minimum atomic E-state index is -0.843. The Kier molecular flexibility index (Phi) is 6.21. The van der Waals surface area contributed by atoms with Gasteiger partial charge in [0.1, 0.15) is 23.7 Å². The van der Waals surface area contributed by atoms with Crippen molar-refractivity contribution in [1.29, 1.82) is 0 Å². The molecule has 138 valence electrons. The molecule has 8 nitrogen and oxygen atoms in total. The molecule has 2 heterocycles. The van der Waals surface area contributed by atoms with Gasteiger partial charge in [0.15, 0.2) is 6.29 Å². The summed E-state index contributed by atoms with van der Waals surface area (Å²) in [6.07, 6.45) is -0.0789. The minimum Gasteiger partial charge on any atom is -0.447 e. The molecule has 0 fully saturated rings. The lowest BCUT2D eigenvalue weighted by Crippen LogP contribution is -2.36. The molecule has 0 aromatic carbocycles. The zero-order chi connectivity index (χ0) is 18.6. The summed E-state index contributed by atoms with van der Waals surface area (Å²) in [5, 5.41) is 0.985. The van der Waals surface area contributed by atoms with Crippen LogP contribution < -0.4 is 5.73 Å².